The Hall–Kier alpha value is -1.47. The van der Waals surface area contributed by atoms with Crippen LogP contribution in [0.1, 0.15) is 50.6 Å². The molecule has 7 heteroatoms. The third-order valence-electron chi connectivity index (χ3n) is 6.27. The number of hydrogen-bond donors (Lipinski definition) is 3. The van der Waals surface area contributed by atoms with Crippen LogP contribution in [0.5, 0.6) is 0 Å². The molecule has 1 aromatic rings. The Morgan fingerprint density at radius 3 is 2.71 bits per heavy atom. The number of nitrogens with one attached hydrogen (secondary N) is 2. The Labute approximate surface area is 145 Å². The molecule has 1 heterocycles. The average molecular weight is 349 g/mol. The minimum atomic E-state index is -0.510. The number of rotatable bonds is 6. The highest BCUT2D eigenvalue weighted by atomic mass is 32.1. The van der Waals surface area contributed by atoms with Crippen LogP contribution in [0, 0.1) is 23.2 Å². The molecule has 1 aromatic heterocycles. The smallest absolute Gasteiger partial charge is 0.249 e. The SMILES string of the molecule is O=C(Cc1csc(NC(=O)CCC23CC4CC(CC2C4)C3)n1)NO. The van der Waals surface area contributed by atoms with Crippen LogP contribution in [-0.2, 0) is 16.0 Å². The van der Waals surface area contributed by atoms with Crippen molar-refractivity contribution < 1.29 is 14.8 Å². The molecular weight excluding hydrogens is 326 g/mol. The van der Waals surface area contributed by atoms with Crippen molar-refractivity contribution in [3.8, 4) is 0 Å². The number of thiazole rings is 1. The molecule has 0 spiro atoms. The van der Waals surface area contributed by atoms with Crippen LogP contribution in [0.25, 0.3) is 0 Å². The Kier molecular flexibility index (Phi) is 4.08. The molecule has 3 N–H and O–H groups in total. The number of amides is 2. The summed E-state index contributed by atoms with van der Waals surface area (Å²) in [5.41, 5.74) is 2.57. The molecule has 4 bridgehead atoms. The maximum absolute atomic E-state index is 12.3. The zero-order valence-electron chi connectivity index (χ0n) is 13.6. The van der Waals surface area contributed by atoms with Crippen LogP contribution in [0.2, 0.25) is 0 Å². The van der Waals surface area contributed by atoms with Crippen molar-refractivity contribution in [2.24, 2.45) is 23.2 Å². The van der Waals surface area contributed by atoms with Gasteiger partial charge in [0.25, 0.3) is 0 Å². The molecule has 2 atom stereocenters. The van der Waals surface area contributed by atoms with Gasteiger partial charge in [0.2, 0.25) is 11.8 Å². The van der Waals surface area contributed by atoms with Crippen LogP contribution < -0.4 is 10.8 Å². The molecule has 4 saturated carbocycles. The Bertz CT molecular complexity index is 645. The molecule has 5 rings (SSSR count). The van der Waals surface area contributed by atoms with Crippen molar-refractivity contribution in [1.29, 1.82) is 0 Å². The second-order valence-corrected chi connectivity index (χ2v) is 8.67. The molecule has 0 saturated heterocycles. The maximum Gasteiger partial charge on any atom is 0.249 e. The standard InChI is InChI=1S/C17H23N3O3S/c21-14(19-16-18-13(9-24-16)6-15(22)20-23)1-2-17-7-10-3-11(8-17)5-12(17)4-10/h9-12,23H,1-8H2,(H,20,22)(H,18,19,21). The molecule has 130 valence electrons. The number of nitrogens with zero attached hydrogens (tertiary/aromatic N) is 1. The summed E-state index contributed by atoms with van der Waals surface area (Å²) in [4.78, 5) is 27.6. The molecule has 6 nitrogen and oxygen atoms in total. The van der Waals surface area contributed by atoms with E-state index in [0.717, 1.165) is 24.2 Å². The summed E-state index contributed by atoms with van der Waals surface area (Å²) in [6.45, 7) is 0. The van der Waals surface area contributed by atoms with Gasteiger partial charge in [-0.15, -0.1) is 11.3 Å². The van der Waals surface area contributed by atoms with Crippen LogP contribution >= 0.6 is 11.3 Å². The van der Waals surface area contributed by atoms with Gasteiger partial charge in [0.1, 0.15) is 0 Å². The Morgan fingerprint density at radius 1 is 1.25 bits per heavy atom. The van der Waals surface area contributed by atoms with Crippen LogP contribution in [0.3, 0.4) is 0 Å². The third-order valence-corrected chi connectivity index (χ3v) is 7.08. The van der Waals surface area contributed by atoms with E-state index in [4.69, 9.17) is 5.21 Å². The lowest BCUT2D eigenvalue weighted by atomic mass is 9.73. The Morgan fingerprint density at radius 2 is 2.00 bits per heavy atom. The first-order valence-electron chi connectivity index (χ1n) is 8.73. The Balaban J connectivity index is 1.29. The van der Waals surface area contributed by atoms with E-state index in [-0.39, 0.29) is 12.3 Å². The fourth-order valence-electron chi connectivity index (χ4n) is 5.57. The van der Waals surface area contributed by atoms with Crippen LogP contribution in [-0.4, -0.2) is 22.0 Å². The number of hydrogen-bond acceptors (Lipinski definition) is 5. The average Bonchev–Trinajstić information content (AvgIpc) is 3.15. The van der Waals surface area contributed by atoms with Gasteiger partial charge in [0.05, 0.1) is 12.1 Å². The summed E-state index contributed by atoms with van der Waals surface area (Å²) >= 11 is 1.31. The highest BCUT2D eigenvalue weighted by Gasteiger charge is 2.57. The maximum atomic E-state index is 12.3. The van der Waals surface area contributed by atoms with Crippen molar-refractivity contribution >= 4 is 28.3 Å². The van der Waals surface area contributed by atoms with E-state index in [2.05, 4.69) is 10.3 Å². The van der Waals surface area contributed by atoms with Gasteiger partial charge in [-0.25, -0.2) is 10.5 Å². The highest BCUT2D eigenvalue weighted by Crippen LogP contribution is 2.67. The van der Waals surface area contributed by atoms with Gasteiger partial charge >= 0.3 is 0 Å². The first-order valence-corrected chi connectivity index (χ1v) is 9.61. The molecule has 0 aromatic carbocycles. The van der Waals surface area contributed by atoms with Crippen molar-refractivity contribution in [3.05, 3.63) is 11.1 Å². The van der Waals surface area contributed by atoms with Crippen molar-refractivity contribution in [3.63, 3.8) is 0 Å². The van der Waals surface area contributed by atoms with E-state index in [1.54, 1.807) is 10.9 Å². The van der Waals surface area contributed by atoms with Gasteiger partial charge in [-0.3, -0.25) is 14.8 Å². The molecular formula is C17H23N3O3S. The van der Waals surface area contributed by atoms with Gasteiger partial charge in [0, 0.05) is 11.8 Å². The minimum absolute atomic E-state index is 0.0104. The van der Waals surface area contributed by atoms with E-state index in [0.29, 0.717) is 22.7 Å². The van der Waals surface area contributed by atoms with Crippen molar-refractivity contribution in [2.45, 2.75) is 51.4 Å². The molecule has 4 aliphatic carbocycles. The third kappa shape index (κ3) is 2.95. The molecule has 4 aliphatic rings. The van der Waals surface area contributed by atoms with Crippen LogP contribution in [0.15, 0.2) is 5.38 Å². The molecule has 2 unspecified atom stereocenters. The monoisotopic (exact) mass is 349 g/mol. The molecule has 24 heavy (non-hydrogen) atoms. The summed E-state index contributed by atoms with van der Waals surface area (Å²) in [6, 6.07) is 0. The fraction of sp³-hybridized carbons (Fsp3) is 0.706. The summed E-state index contributed by atoms with van der Waals surface area (Å²) in [6.07, 6.45) is 8.44. The zero-order valence-corrected chi connectivity index (χ0v) is 14.4. The molecule has 2 amide bonds. The minimum Gasteiger partial charge on any atom is -0.302 e. The van der Waals surface area contributed by atoms with Crippen molar-refractivity contribution in [1.82, 2.24) is 10.5 Å². The molecule has 0 radical (unpaired) electrons. The highest BCUT2D eigenvalue weighted by molar-refractivity contribution is 7.13. The van der Waals surface area contributed by atoms with Gasteiger partial charge in [-0.05, 0) is 61.7 Å². The van der Waals surface area contributed by atoms with Gasteiger partial charge in [0.15, 0.2) is 5.13 Å². The van der Waals surface area contributed by atoms with E-state index in [1.165, 1.54) is 43.4 Å². The number of hydroxylamine groups is 1. The van der Waals surface area contributed by atoms with Crippen LogP contribution in [0.4, 0.5) is 5.13 Å². The largest absolute Gasteiger partial charge is 0.302 e. The summed E-state index contributed by atoms with van der Waals surface area (Å²) in [5.74, 6) is 2.21. The number of carbonyl (C=O) groups excluding carboxylic acids is 2. The first kappa shape index (κ1) is 16.0. The van der Waals surface area contributed by atoms with Crippen molar-refractivity contribution in [2.75, 3.05) is 5.32 Å². The van der Waals surface area contributed by atoms with Gasteiger partial charge in [-0.1, -0.05) is 0 Å². The second kappa shape index (κ2) is 6.11. The first-order chi connectivity index (χ1) is 11.6. The predicted octanol–water partition coefficient (Wildman–Crippen LogP) is 2.74. The lowest BCUT2D eigenvalue weighted by Crippen LogP contribution is -2.25. The summed E-state index contributed by atoms with van der Waals surface area (Å²) < 4.78 is 0. The fourth-order valence-corrected chi connectivity index (χ4v) is 6.29. The van der Waals surface area contributed by atoms with E-state index in [1.807, 2.05) is 0 Å². The predicted molar refractivity (Wildman–Crippen MR) is 89.6 cm³/mol. The van der Waals surface area contributed by atoms with E-state index >= 15 is 0 Å². The molecule has 0 aliphatic heterocycles. The quantitative estimate of drug-likeness (QED) is 0.544. The normalized spacial score (nSPS) is 33.0. The lowest BCUT2D eigenvalue weighted by molar-refractivity contribution is -0.128. The van der Waals surface area contributed by atoms with E-state index in [9.17, 15) is 9.59 Å². The summed E-state index contributed by atoms with van der Waals surface area (Å²) in [5, 5.41) is 13.6. The van der Waals surface area contributed by atoms with Gasteiger partial charge in [-0.2, -0.15) is 0 Å². The second-order valence-electron chi connectivity index (χ2n) is 7.81. The number of carbonyl (C=O) groups is 2. The van der Waals surface area contributed by atoms with Gasteiger partial charge < -0.3 is 5.32 Å². The lowest BCUT2D eigenvalue weighted by Gasteiger charge is -2.32. The number of aromatic nitrogens is 1. The summed E-state index contributed by atoms with van der Waals surface area (Å²) in [7, 11) is 0. The number of anilines is 1. The molecule has 4 fully saturated rings. The topological polar surface area (TPSA) is 91.3 Å². The van der Waals surface area contributed by atoms with E-state index < -0.39 is 5.91 Å². The zero-order chi connectivity index (χ0) is 16.7.